The van der Waals surface area contributed by atoms with Crippen LogP contribution in [0.2, 0.25) is 0 Å². The van der Waals surface area contributed by atoms with Gasteiger partial charge in [0.15, 0.2) is 0 Å². The quantitative estimate of drug-likeness (QED) is 0.191. The Bertz CT molecular complexity index is 1390. The van der Waals surface area contributed by atoms with Gasteiger partial charge in [0.05, 0.1) is 8.99 Å². The van der Waals surface area contributed by atoms with Crippen molar-refractivity contribution in [2.24, 2.45) is 0 Å². The Hall–Kier alpha value is -2.84. The van der Waals surface area contributed by atoms with Crippen molar-refractivity contribution in [3.8, 4) is 0 Å². The van der Waals surface area contributed by atoms with Gasteiger partial charge in [-0.2, -0.15) is 0 Å². The molecule has 2 aliphatic carbocycles. The number of rotatable bonds is 4. The highest BCUT2D eigenvalue weighted by molar-refractivity contribution is 6.74. The Morgan fingerprint density at radius 3 is 1.23 bits per heavy atom. The Morgan fingerprint density at radius 2 is 0.829 bits per heavy atom. The summed E-state index contributed by atoms with van der Waals surface area (Å²) in [7, 11) is 0.178. The summed E-state index contributed by atoms with van der Waals surface area (Å²) in [6.07, 6.45) is 0. The maximum Gasteiger partial charge on any atom is 0.119 e. The van der Waals surface area contributed by atoms with E-state index in [0.717, 1.165) is 33.4 Å². The minimum Gasteiger partial charge on any atom is -0.113 e. The van der Waals surface area contributed by atoms with Crippen LogP contribution in [-0.4, -0.2) is 9.52 Å². The van der Waals surface area contributed by atoms with Crippen molar-refractivity contribution < 1.29 is 0 Å². The SMILES string of the molecule is CC1=C(c2ccccc2)C(Cl)([Si]C2(Cl)C(c3ccccc3)=C(C)c3ccccc32)c2ccccc21. The minimum atomic E-state index is -0.748. The van der Waals surface area contributed by atoms with Gasteiger partial charge in [-0.3, -0.25) is 0 Å². The molecule has 0 bridgehead atoms. The zero-order chi connectivity index (χ0) is 24.2. The molecule has 4 aromatic carbocycles. The number of fused-ring (bicyclic) bond motifs is 2. The number of hydrogen-bond donors (Lipinski definition) is 0. The van der Waals surface area contributed by atoms with Gasteiger partial charge in [0.25, 0.3) is 0 Å². The van der Waals surface area contributed by atoms with Crippen LogP contribution in [0.5, 0.6) is 0 Å². The van der Waals surface area contributed by atoms with E-state index in [2.05, 4.69) is 123 Å². The molecule has 2 aliphatic rings. The van der Waals surface area contributed by atoms with Crippen molar-refractivity contribution in [3.05, 3.63) is 143 Å². The number of hydrogen-bond acceptors (Lipinski definition) is 0. The molecular weight excluding hydrogens is 483 g/mol. The van der Waals surface area contributed by atoms with E-state index < -0.39 is 8.99 Å². The first-order valence-corrected chi connectivity index (χ1v) is 13.6. The Labute approximate surface area is 219 Å². The van der Waals surface area contributed by atoms with Gasteiger partial charge in [0.1, 0.15) is 9.52 Å². The van der Waals surface area contributed by atoms with Crippen LogP contribution in [0, 0.1) is 0 Å². The predicted octanol–water partition coefficient (Wildman–Crippen LogP) is 8.76. The second-order valence-corrected chi connectivity index (χ2v) is 12.8. The minimum absolute atomic E-state index is 0.178. The molecule has 35 heavy (non-hydrogen) atoms. The summed E-state index contributed by atoms with van der Waals surface area (Å²) in [5.74, 6) is 0. The van der Waals surface area contributed by atoms with Crippen LogP contribution in [0.25, 0.3) is 22.3 Å². The first-order valence-electron chi connectivity index (χ1n) is 11.9. The van der Waals surface area contributed by atoms with E-state index >= 15 is 0 Å². The van der Waals surface area contributed by atoms with E-state index in [-0.39, 0.29) is 9.52 Å². The average Bonchev–Trinajstić information content (AvgIpc) is 3.24. The number of allylic oxidation sites excluding steroid dienone is 4. The molecule has 2 unspecified atom stereocenters. The van der Waals surface area contributed by atoms with E-state index in [1.165, 1.54) is 22.3 Å². The van der Waals surface area contributed by atoms with Gasteiger partial charge in [0.2, 0.25) is 0 Å². The molecule has 2 atom stereocenters. The molecule has 6 rings (SSSR count). The molecule has 170 valence electrons. The smallest absolute Gasteiger partial charge is 0.113 e. The fraction of sp³-hybridized carbons (Fsp3) is 0.125. The molecule has 0 aliphatic heterocycles. The summed E-state index contributed by atoms with van der Waals surface area (Å²) in [6, 6.07) is 38.2. The molecular formula is C32H24Cl2Si. The highest BCUT2D eigenvalue weighted by atomic mass is 35.5. The van der Waals surface area contributed by atoms with Crippen LogP contribution in [0.15, 0.2) is 109 Å². The highest BCUT2D eigenvalue weighted by Gasteiger charge is 2.53. The Kier molecular flexibility index (Phi) is 5.41. The normalized spacial score (nSPS) is 23.0. The number of alkyl halides is 2. The topological polar surface area (TPSA) is 0 Å². The molecule has 0 fully saturated rings. The Morgan fingerprint density at radius 1 is 0.486 bits per heavy atom. The van der Waals surface area contributed by atoms with Gasteiger partial charge >= 0.3 is 0 Å². The lowest BCUT2D eigenvalue weighted by atomic mass is 10.00. The average molecular weight is 508 g/mol. The van der Waals surface area contributed by atoms with Crippen LogP contribution in [0.3, 0.4) is 0 Å². The van der Waals surface area contributed by atoms with Crippen molar-refractivity contribution >= 4 is 55.0 Å². The maximum absolute atomic E-state index is 7.88. The molecule has 0 saturated heterocycles. The maximum atomic E-state index is 7.88. The van der Waals surface area contributed by atoms with Crippen LogP contribution >= 0.6 is 23.2 Å². The summed E-state index contributed by atoms with van der Waals surface area (Å²) >= 11 is 15.8. The predicted molar refractivity (Wildman–Crippen MR) is 152 cm³/mol. The zero-order valence-corrected chi connectivity index (χ0v) is 22.2. The molecule has 3 heteroatoms. The summed E-state index contributed by atoms with van der Waals surface area (Å²) in [5.41, 5.74) is 11.8. The van der Waals surface area contributed by atoms with E-state index in [4.69, 9.17) is 23.2 Å². The summed E-state index contributed by atoms with van der Waals surface area (Å²) < 4.78 is -1.50. The molecule has 0 heterocycles. The van der Waals surface area contributed by atoms with Crippen molar-refractivity contribution in [2.75, 3.05) is 0 Å². The lowest BCUT2D eigenvalue weighted by Gasteiger charge is -2.36. The molecule has 0 amide bonds. The van der Waals surface area contributed by atoms with Crippen molar-refractivity contribution in [2.45, 2.75) is 22.8 Å². The fourth-order valence-electron chi connectivity index (χ4n) is 5.81. The van der Waals surface area contributed by atoms with Gasteiger partial charge < -0.3 is 0 Å². The van der Waals surface area contributed by atoms with Crippen molar-refractivity contribution in [1.82, 2.24) is 0 Å². The molecule has 0 nitrogen and oxygen atoms in total. The lowest BCUT2D eigenvalue weighted by molar-refractivity contribution is 1.03. The monoisotopic (exact) mass is 506 g/mol. The van der Waals surface area contributed by atoms with Gasteiger partial charge in [-0.05, 0) is 69.5 Å². The second kappa shape index (κ2) is 8.38. The van der Waals surface area contributed by atoms with Crippen LogP contribution < -0.4 is 0 Å². The standard InChI is InChI=1S/C32H24Cl2Si/c1-21-25-17-9-11-19-27(25)31(33,29(21)23-13-5-3-6-14-23)35-32(34)28-20-12-10-18-26(28)22(2)30(32)24-15-7-4-8-16-24/h3-20H,1-2H3. The van der Waals surface area contributed by atoms with Crippen molar-refractivity contribution in [3.63, 3.8) is 0 Å². The zero-order valence-electron chi connectivity index (χ0n) is 19.6. The van der Waals surface area contributed by atoms with Gasteiger partial charge in [-0.15, -0.1) is 23.2 Å². The molecule has 0 saturated carbocycles. The van der Waals surface area contributed by atoms with Gasteiger partial charge in [0, 0.05) is 0 Å². The lowest BCUT2D eigenvalue weighted by Crippen LogP contribution is -2.40. The van der Waals surface area contributed by atoms with Gasteiger partial charge in [-0.1, -0.05) is 109 Å². The number of benzene rings is 4. The molecule has 4 aromatic rings. The molecule has 0 N–H and O–H groups in total. The summed E-state index contributed by atoms with van der Waals surface area (Å²) in [5, 5.41) is 0. The van der Waals surface area contributed by atoms with Crippen molar-refractivity contribution in [1.29, 1.82) is 0 Å². The van der Waals surface area contributed by atoms with E-state index in [0.29, 0.717) is 0 Å². The first kappa shape index (κ1) is 22.6. The Balaban J connectivity index is 1.60. The summed E-state index contributed by atoms with van der Waals surface area (Å²) in [6.45, 7) is 4.39. The molecule has 0 spiro atoms. The van der Waals surface area contributed by atoms with E-state index in [1.54, 1.807) is 0 Å². The molecule has 2 radical (unpaired) electrons. The second-order valence-electron chi connectivity index (χ2n) is 9.27. The fourth-order valence-corrected chi connectivity index (χ4v) is 9.73. The third-order valence-electron chi connectivity index (χ3n) is 7.31. The van der Waals surface area contributed by atoms with Crippen LogP contribution in [0.4, 0.5) is 0 Å². The number of halogens is 2. The van der Waals surface area contributed by atoms with Gasteiger partial charge in [-0.25, -0.2) is 0 Å². The third-order valence-corrected chi connectivity index (χ3v) is 10.4. The van der Waals surface area contributed by atoms with Crippen LogP contribution in [0.1, 0.15) is 47.2 Å². The van der Waals surface area contributed by atoms with E-state index in [1.807, 2.05) is 0 Å². The summed E-state index contributed by atoms with van der Waals surface area (Å²) in [4.78, 5) is 0. The largest absolute Gasteiger partial charge is 0.119 e. The van der Waals surface area contributed by atoms with Crippen LogP contribution in [-0.2, 0) is 8.99 Å². The first-order chi connectivity index (χ1) is 16.9. The highest BCUT2D eigenvalue weighted by Crippen LogP contribution is 2.60. The van der Waals surface area contributed by atoms with E-state index in [9.17, 15) is 0 Å². The molecule has 0 aromatic heterocycles. The third kappa shape index (κ3) is 3.33.